The Bertz CT molecular complexity index is 2610. The second-order valence-corrected chi connectivity index (χ2v) is 25.4. The third kappa shape index (κ3) is 17.8. The summed E-state index contributed by atoms with van der Waals surface area (Å²) in [5, 5.41) is 234. The molecule has 0 unspecified atom stereocenters. The van der Waals surface area contributed by atoms with E-state index in [1.54, 1.807) is 0 Å². The van der Waals surface area contributed by atoms with Crippen LogP contribution in [0.3, 0.4) is 0 Å². The topological polar surface area (TPSA) is 685 Å². The highest BCUT2D eigenvalue weighted by Gasteiger charge is 2.61. The van der Waals surface area contributed by atoms with Gasteiger partial charge in [0.2, 0.25) is 11.8 Å². The van der Waals surface area contributed by atoms with Gasteiger partial charge in [0.1, 0.15) is 183 Å². The zero-order valence-corrected chi connectivity index (χ0v) is 52.6. The fourth-order valence-corrected chi connectivity index (χ4v) is 12.6. The molecule has 0 bridgehead atoms. The predicted octanol–water partition coefficient (Wildman–Crippen LogP) is -16.3. The molecule has 0 aromatic carbocycles. The van der Waals surface area contributed by atoms with Crippen LogP contribution in [0.4, 0.5) is 0 Å². The molecule has 0 aromatic heterocycles. The number of carbonyl (C=O) groups is 2. The summed E-state index contributed by atoms with van der Waals surface area (Å²) >= 11 is 0. The first-order chi connectivity index (χ1) is 45.6. The third-order valence-corrected chi connectivity index (χ3v) is 18.0. The first kappa shape index (κ1) is 80.1. The van der Waals surface area contributed by atoms with Gasteiger partial charge in [0.25, 0.3) is 0 Å². The fraction of sp³-hybridized carbons (Fsp3) is 0.962. The van der Waals surface area contributed by atoms with E-state index in [0.29, 0.717) is 0 Å². The van der Waals surface area contributed by atoms with Crippen LogP contribution in [0.2, 0.25) is 0 Å². The fourth-order valence-electron chi connectivity index (χ4n) is 12.3. The van der Waals surface area contributed by atoms with E-state index in [9.17, 15) is 130 Å². The molecule has 40 atom stereocenters. The van der Waals surface area contributed by atoms with Crippen molar-refractivity contribution in [3.8, 4) is 0 Å². The van der Waals surface area contributed by atoms with Crippen LogP contribution in [0.1, 0.15) is 27.7 Å². The standard InChI is InChI=1S/C52H88N2O42S/c1-11-23(62)28(67)33(72)48(82-11)91-39-19(9-59)88-46(21(53-13(3)60)41(39)94-50-35(74)30(69)25(64)15(5-55)85-50)95-44-27(66)17(7-57)87-52(37(44)76)92-40-20(10-81-97(78,79)80)89-47(22(54-14(4)61)42(40)93-49-34(73)29(68)24(63)12(2)83-49)96-43-26(65)16(6-56)86-51(36(43)75)90-38-18(8-58)84-45(77)32(71)31(38)70/h11-12,15-52,55-59,62-77H,5-10H2,1-4H3,(H,53,60)(H,54,61)(H,78,79,80)/t11-,12-,15+,16+,17+,18+,19+,20+,21+,22+,23+,24+,25-,26-,27-,28+,29+,30-,31+,32+,33-,34-,35+,36+,37+,38+,39+,40+,41+,42+,43-,44-,45+,46-,47-,48-,49-,50-,51+,52-/m0/s1. The smallest absolute Gasteiger partial charge is 0.394 e. The average Bonchev–Trinajstić information content (AvgIpc) is 0.763. The van der Waals surface area contributed by atoms with E-state index in [1.165, 1.54) is 13.8 Å². The second-order valence-electron chi connectivity index (χ2n) is 24.3. The second kappa shape index (κ2) is 33.9. The number of aliphatic hydroxyl groups is 21. The molecule has 8 aliphatic heterocycles. The molecule has 8 aliphatic rings. The van der Waals surface area contributed by atoms with Gasteiger partial charge in [0.15, 0.2) is 50.3 Å². The maximum absolute atomic E-state index is 13.4. The van der Waals surface area contributed by atoms with E-state index in [1.807, 2.05) is 0 Å². The summed E-state index contributed by atoms with van der Waals surface area (Å²) in [6.07, 6.45) is -79.0. The molecule has 44 nitrogen and oxygen atoms in total. The Hall–Kier alpha value is -2.63. The first-order valence-corrected chi connectivity index (χ1v) is 31.9. The Labute approximate surface area is 549 Å². The molecule has 0 aliphatic carbocycles. The van der Waals surface area contributed by atoms with Crippen molar-refractivity contribution in [2.45, 2.75) is 273 Å². The van der Waals surface area contributed by atoms with Gasteiger partial charge < -0.3 is 189 Å². The Kier molecular flexibility index (Phi) is 28.0. The summed E-state index contributed by atoms with van der Waals surface area (Å²) in [5.41, 5.74) is 0. The summed E-state index contributed by atoms with van der Waals surface area (Å²) in [5.74, 6) is -2.06. The van der Waals surface area contributed by atoms with E-state index in [0.717, 1.165) is 13.8 Å². The number of hydrogen-bond donors (Lipinski definition) is 24. The molecule has 8 saturated heterocycles. The van der Waals surface area contributed by atoms with Crippen molar-refractivity contribution in [3.05, 3.63) is 0 Å². The Morgan fingerprint density at radius 3 is 1.03 bits per heavy atom. The van der Waals surface area contributed by atoms with Crippen LogP contribution in [0.25, 0.3) is 0 Å². The molecule has 564 valence electrons. The normalized spacial score (nSPS) is 50.2. The van der Waals surface area contributed by atoms with E-state index in [4.69, 9.17) is 75.2 Å². The van der Waals surface area contributed by atoms with Crippen molar-refractivity contribution in [1.29, 1.82) is 0 Å². The molecule has 0 spiro atoms. The van der Waals surface area contributed by atoms with E-state index in [2.05, 4.69) is 10.6 Å². The lowest BCUT2D eigenvalue weighted by molar-refractivity contribution is -0.399. The van der Waals surface area contributed by atoms with Gasteiger partial charge in [-0.25, -0.2) is 4.18 Å². The monoisotopic (exact) mass is 1440 g/mol. The van der Waals surface area contributed by atoms with Gasteiger partial charge in [-0.1, -0.05) is 0 Å². The maximum Gasteiger partial charge on any atom is 0.397 e. The summed E-state index contributed by atoms with van der Waals surface area (Å²) < 4.78 is 128. The largest absolute Gasteiger partial charge is 0.397 e. The van der Waals surface area contributed by atoms with Crippen molar-refractivity contribution in [1.82, 2.24) is 10.6 Å². The predicted molar refractivity (Wildman–Crippen MR) is 295 cm³/mol. The number of aliphatic hydroxyl groups excluding tert-OH is 21. The van der Waals surface area contributed by atoms with Crippen molar-refractivity contribution < 1.29 is 205 Å². The van der Waals surface area contributed by atoms with Crippen LogP contribution in [-0.4, -0.2) is 417 Å². The molecular weight excluding hydrogens is 1360 g/mol. The first-order valence-electron chi connectivity index (χ1n) is 30.5. The SMILES string of the molecule is CC(=O)N[C@H]1[C@H](O[C@H]2[C@@H](O)[C@@H](CO)O[C@@H](O[C@H]3[C@H](O[C@@H]4O[C@@H](C)[C@@H](O)[C@@H](O)[C@@H]4O)[C@@H](NC(C)=O)[C@H](O[C@H]4[C@@H](O)[C@@H](CO)O[C@H](O[C@H]5[C@H](O)[C@@H](O)[C@H](O)O[C@@H]5CO)[C@@H]4O)O[C@@H]3COS(=O)(=O)O)[C@@H]2O)O[C@H](CO)[C@@H](O[C@@H]2O[C@@H](C)[C@@H](O)[C@@H](O)[C@@H]2O)[C@@H]1O[C@@H]1O[C@H](CO)[C@H](O)[C@H](O)[C@H]1O. The molecule has 8 fully saturated rings. The number of hydrogen-bond acceptors (Lipinski definition) is 41. The number of ether oxygens (including phenoxy) is 15. The molecule has 24 N–H and O–H groups in total. The van der Waals surface area contributed by atoms with E-state index >= 15 is 0 Å². The van der Waals surface area contributed by atoms with Crippen LogP contribution in [0.15, 0.2) is 0 Å². The quantitative estimate of drug-likeness (QED) is 0.0399. The summed E-state index contributed by atoms with van der Waals surface area (Å²) in [4.78, 5) is 26.7. The van der Waals surface area contributed by atoms with Crippen LogP contribution in [0.5, 0.6) is 0 Å². The third-order valence-electron chi connectivity index (χ3n) is 17.6. The minimum atomic E-state index is -5.61. The summed E-state index contributed by atoms with van der Waals surface area (Å²) in [6, 6.07) is -4.14. The Morgan fingerprint density at radius 1 is 0.330 bits per heavy atom. The molecule has 8 rings (SSSR count). The van der Waals surface area contributed by atoms with Crippen molar-refractivity contribution in [2.75, 3.05) is 39.6 Å². The lowest BCUT2D eigenvalue weighted by Crippen LogP contribution is -2.72. The van der Waals surface area contributed by atoms with Crippen LogP contribution >= 0.6 is 0 Å². The Morgan fingerprint density at radius 2 is 0.639 bits per heavy atom. The van der Waals surface area contributed by atoms with Gasteiger partial charge in [-0.15, -0.1) is 0 Å². The van der Waals surface area contributed by atoms with E-state index in [-0.39, 0.29) is 0 Å². The lowest BCUT2D eigenvalue weighted by atomic mass is 9.93. The van der Waals surface area contributed by atoms with Gasteiger partial charge >= 0.3 is 10.4 Å². The van der Waals surface area contributed by atoms with Crippen LogP contribution in [-0.2, 0) is 95.2 Å². The highest BCUT2D eigenvalue weighted by atomic mass is 32.3. The van der Waals surface area contributed by atoms with E-state index < -0.39 is 307 Å². The van der Waals surface area contributed by atoms with Gasteiger partial charge in [-0.05, 0) is 13.8 Å². The molecule has 0 saturated carbocycles. The van der Waals surface area contributed by atoms with Crippen molar-refractivity contribution >= 4 is 22.2 Å². The van der Waals surface area contributed by atoms with Crippen molar-refractivity contribution in [3.63, 3.8) is 0 Å². The maximum atomic E-state index is 13.4. The highest BCUT2D eigenvalue weighted by Crippen LogP contribution is 2.40. The zero-order chi connectivity index (χ0) is 71.7. The molecule has 97 heavy (non-hydrogen) atoms. The highest BCUT2D eigenvalue weighted by molar-refractivity contribution is 7.80. The molecule has 8 heterocycles. The summed E-state index contributed by atoms with van der Waals surface area (Å²) in [7, 11) is -5.61. The average molecular weight is 1450 g/mol. The minimum absolute atomic E-state index is 0.874. The van der Waals surface area contributed by atoms with Crippen LogP contribution in [0, 0.1) is 0 Å². The lowest BCUT2D eigenvalue weighted by Gasteiger charge is -2.52. The van der Waals surface area contributed by atoms with Crippen molar-refractivity contribution in [2.24, 2.45) is 0 Å². The molecule has 0 radical (unpaired) electrons. The number of amides is 2. The van der Waals surface area contributed by atoms with Gasteiger partial charge in [0.05, 0.1) is 51.8 Å². The Balaban J connectivity index is 1.18. The molecule has 2 amide bonds. The zero-order valence-electron chi connectivity index (χ0n) is 51.7. The molecule has 0 aromatic rings. The van der Waals surface area contributed by atoms with Gasteiger partial charge in [-0.3, -0.25) is 14.1 Å². The number of nitrogens with one attached hydrogen (secondary N) is 2. The minimum Gasteiger partial charge on any atom is -0.394 e. The number of carbonyl (C=O) groups excluding carboxylic acids is 2. The molecule has 45 heteroatoms. The molecular formula is C52H88N2O42S. The van der Waals surface area contributed by atoms with Gasteiger partial charge in [0, 0.05) is 13.8 Å². The summed E-state index contributed by atoms with van der Waals surface area (Å²) in [6.45, 7) is -2.84. The van der Waals surface area contributed by atoms with Gasteiger partial charge in [-0.2, -0.15) is 8.42 Å². The van der Waals surface area contributed by atoms with Crippen LogP contribution < -0.4 is 10.6 Å². The number of rotatable bonds is 24.